The number of rotatable bonds is 9. The molecule has 226 valence electrons. The Bertz CT molecular complexity index is 1430. The largest absolute Gasteiger partial charge is 0.511 e. The number of hydrogen-bond acceptors (Lipinski definition) is 9. The van der Waals surface area contributed by atoms with Gasteiger partial charge in [0.05, 0.1) is 12.7 Å². The Hall–Kier alpha value is -3.37. The van der Waals surface area contributed by atoms with Crippen molar-refractivity contribution in [2.24, 2.45) is 28.9 Å². The summed E-state index contributed by atoms with van der Waals surface area (Å²) in [7, 11) is 1.54. The van der Waals surface area contributed by atoms with Crippen LogP contribution in [0.3, 0.4) is 0 Å². The van der Waals surface area contributed by atoms with Crippen molar-refractivity contribution in [1.82, 2.24) is 4.90 Å². The van der Waals surface area contributed by atoms with E-state index < -0.39 is 52.0 Å². The Morgan fingerprint density at radius 2 is 1.88 bits per heavy atom. The van der Waals surface area contributed by atoms with Gasteiger partial charge in [-0.3, -0.25) is 19.3 Å². The van der Waals surface area contributed by atoms with E-state index in [0.29, 0.717) is 29.2 Å². The summed E-state index contributed by atoms with van der Waals surface area (Å²) in [6, 6.07) is 1.56. The van der Waals surface area contributed by atoms with Gasteiger partial charge in [0, 0.05) is 48.7 Å². The first-order chi connectivity index (χ1) is 19.9. The molecule has 0 spiro atoms. The summed E-state index contributed by atoms with van der Waals surface area (Å²) < 4.78 is 5.90. The molecule has 2 saturated carbocycles. The fourth-order valence-electron chi connectivity index (χ4n) is 7.97. The SMILES string of the molecule is CCC1(CN(Cc2cc(O)c3c(c2OC)CC2C[C@H]4CC(O)=C(C(N)=O)C(=O)[C@@]4(O)C(O)=C2C3=O)CC2CC2)CCC1. The normalized spacial score (nSPS) is 28.3. The van der Waals surface area contributed by atoms with Gasteiger partial charge in [-0.2, -0.15) is 0 Å². The molecule has 0 radical (unpaired) electrons. The van der Waals surface area contributed by atoms with E-state index in [-0.39, 0.29) is 36.1 Å². The second-order valence-corrected chi connectivity index (χ2v) is 13.2. The summed E-state index contributed by atoms with van der Waals surface area (Å²) in [5.41, 5.74) is 3.37. The third kappa shape index (κ3) is 4.33. The van der Waals surface area contributed by atoms with Gasteiger partial charge in [-0.25, -0.2) is 0 Å². The van der Waals surface area contributed by atoms with E-state index in [1.807, 2.05) is 0 Å². The van der Waals surface area contributed by atoms with Crippen LogP contribution in [0.1, 0.15) is 79.8 Å². The van der Waals surface area contributed by atoms with Crippen molar-refractivity contribution in [1.29, 1.82) is 0 Å². The molecule has 0 saturated heterocycles. The highest BCUT2D eigenvalue weighted by Gasteiger charge is 2.59. The van der Waals surface area contributed by atoms with Crippen LogP contribution < -0.4 is 10.5 Å². The van der Waals surface area contributed by atoms with Crippen LogP contribution in [0.4, 0.5) is 0 Å². The molecule has 10 nitrogen and oxygen atoms in total. The third-order valence-electron chi connectivity index (χ3n) is 10.6. The molecule has 6 rings (SSSR count). The number of nitrogens with two attached hydrogens (primary N) is 1. The van der Waals surface area contributed by atoms with Gasteiger partial charge in [0.25, 0.3) is 5.91 Å². The molecule has 0 aliphatic heterocycles. The lowest BCUT2D eigenvalue weighted by Gasteiger charge is -2.46. The number of carbonyl (C=O) groups excluding carboxylic acids is 3. The molecule has 0 bridgehead atoms. The summed E-state index contributed by atoms with van der Waals surface area (Å²) in [6.45, 7) is 4.77. The molecule has 10 heteroatoms. The lowest BCUT2D eigenvalue weighted by Crippen LogP contribution is -2.57. The third-order valence-corrected chi connectivity index (χ3v) is 10.6. The number of nitrogens with zero attached hydrogens (tertiary/aromatic N) is 1. The predicted molar refractivity (Wildman–Crippen MR) is 152 cm³/mol. The van der Waals surface area contributed by atoms with E-state index in [1.165, 1.54) is 32.1 Å². The van der Waals surface area contributed by atoms with Crippen LogP contribution in [0.2, 0.25) is 0 Å². The number of benzene rings is 1. The van der Waals surface area contributed by atoms with E-state index in [0.717, 1.165) is 25.1 Å². The second kappa shape index (κ2) is 10.1. The first-order valence-electron chi connectivity index (χ1n) is 15.1. The van der Waals surface area contributed by atoms with Gasteiger partial charge in [0.2, 0.25) is 5.78 Å². The van der Waals surface area contributed by atoms with Gasteiger partial charge in [0.1, 0.15) is 28.6 Å². The maximum Gasteiger partial charge on any atom is 0.255 e. The number of Topliss-reactive ketones (excluding diaryl/α,β-unsaturated/α-hetero) is 2. The number of ether oxygens (including phenoxy) is 1. The minimum Gasteiger partial charge on any atom is -0.511 e. The zero-order chi connectivity index (χ0) is 30.1. The summed E-state index contributed by atoms with van der Waals surface area (Å²) in [5.74, 6) is -5.16. The fraction of sp³-hybridized carbons (Fsp3) is 0.594. The molecule has 1 aromatic rings. The smallest absolute Gasteiger partial charge is 0.255 e. The Labute approximate surface area is 244 Å². The Morgan fingerprint density at radius 3 is 2.45 bits per heavy atom. The Balaban J connectivity index is 1.38. The molecule has 0 heterocycles. The standard InChI is InChI=1S/C32H40N2O8/c1-3-31(7-4-8-31)15-34(13-16-5-6-16)14-18-11-21(35)24-20(27(18)42-2)10-17-9-19-12-22(36)25(30(33)40)29(39)32(19,41)28(38)23(17)26(24)37/h11,16-17,19,35-36,38,41H,3-10,12-15H2,1-2H3,(H2,33,40)/t17?,19-,32-/m0/s1. The van der Waals surface area contributed by atoms with E-state index in [9.17, 15) is 34.8 Å². The maximum atomic E-state index is 13.9. The van der Waals surface area contributed by atoms with Crippen LogP contribution in [0.5, 0.6) is 11.5 Å². The Morgan fingerprint density at radius 1 is 1.17 bits per heavy atom. The van der Waals surface area contributed by atoms with Crippen LogP contribution in [-0.2, 0) is 22.6 Å². The van der Waals surface area contributed by atoms with Gasteiger partial charge >= 0.3 is 0 Å². The monoisotopic (exact) mass is 580 g/mol. The van der Waals surface area contributed by atoms with Crippen molar-refractivity contribution in [3.8, 4) is 11.5 Å². The van der Waals surface area contributed by atoms with Crippen molar-refractivity contribution in [2.45, 2.75) is 76.9 Å². The number of aromatic hydroxyl groups is 1. The average Bonchev–Trinajstić information content (AvgIpc) is 3.72. The summed E-state index contributed by atoms with van der Waals surface area (Å²) >= 11 is 0. The van der Waals surface area contributed by atoms with Gasteiger partial charge in [-0.1, -0.05) is 13.3 Å². The van der Waals surface area contributed by atoms with Gasteiger partial charge in [-0.15, -0.1) is 0 Å². The van der Waals surface area contributed by atoms with E-state index >= 15 is 0 Å². The number of hydrogen-bond donors (Lipinski definition) is 5. The summed E-state index contributed by atoms with van der Waals surface area (Å²) in [6.07, 6.45) is 7.30. The molecule has 3 atom stereocenters. The number of fused-ring (bicyclic) bond motifs is 3. The number of primary amides is 1. The lowest BCUT2D eigenvalue weighted by atomic mass is 9.60. The van der Waals surface area contributed by atoms with Gasteiger partial charge in [0.15, 0.2) is 11.4 Å². The fourth-order valence-corrected chi connectivity index (χ4v) is 7.97. The zero-order valence-corrected chi connectivity index (χ0v) is 24.2. The van der Waals surface area contributed by atoms with Crippen molar-refractivity contribution in [3.63, 3.8) is 0 Å². The van der Waals surface area contributed by atoms with Gasteiger partial charge < -0.3 is 30.9 Å². The molecule has 1 aromatic carbocycles. The highest BCUT2D eigenvalue weighted by atomic mass is 16.5. The van der Waals surface area contributed by atoms with Crippen LogP contribution in [0.15, 0.2) is 28.7 Å². The van der Waals surface area contributed by atoms with Gasteiger partial charge in [-0.05, 0) is 68.3 Å². The predicted octanol–water partition coefficient (Wildman–Crippen LogP) is 3.38. The van der Waals surface area contributed by atoms with Crippen LogP contribution in [0.25, 0.3) is 0 Å². The number of phenols is 1. The molecule has 1 unspecified atom stereocenters. The minimum atomic E-state index is -2.57. The van der Waals surface area contributed by atoms with Crippen LogP contribution in [-0.4, -0.2) is 68.6 Å². The van der Waals surface area contributed by atoms with Crippen molar-refractivity contribution in [3.05, 3.63) is 45.4 Å². The molecule has 5 aliphatic carbocycles. The second-order valence-electron chi connectivity index (χ2n) is 13.2. The van der Waals surface area contributed by atoms with Crippen LogP contribution in [0, 0.1) is 23.2 Å². The number of phenolic OH excluding ortho intramolecular Hbond substituents is 1. The first-order valence-corrected chi connectivity index (χ1v) is 15.1. The molecule has 2 fully saturated rings. The van der Waals surface area contributed by atoms with E-state index in [4.69, 9.17) is 10.5 Å². The molecule has 6 N–H and O–H groups in total. The lowest BCUT2D eigenvalue weighted by molar-refractivity contribution is -0.144. The topological polar surface area (TPSA) is 171 Å². The number of allylic oxidation sites excluding steroid dienone is 2. The number of carbonyl (C=O) groups is 3. The van der Waals surface area contributed by atoms with Crippen LogP contribution >= 0.6 is 0 Å². The molecular formula is C32H40N2O8. The molecule has 1 amide bonds. The molecule has 42 heavy (non-hydrogen) atoms. The van der Waals surface area contributed by atoms with Crippen molar-refractivity contribution >= 4 is 17.5 Å². The van der Waals surface area contributed by atoms with E-state index in [1.54, 1.807) is 13.2 Å². The summed E-state index contributed by atoms with van der Waals surface area (Å²) in [5, 5.41) is 44.3. The Kier molecular flexibility index (Phi) is 6.92. The summed E-state index contributed by atoms with van der Waals surface area (Å²) in [4.78, 5) is 41.4. The quantitative estimate of drug-likeness (QED) is 0.275. The highest BCUT2D eigenvalue weighted by molar-refractivity contribution is 6.24. The van der Waals surface area contributed by atoms with Crippen molar-refractivity contribution in [2.75, 3.05) is 20.2 Å². The molecule has 5 aliphatic rings. The zero-order valence-electron chi connectivity index (χ0n) is 24.2. The number of ketones is 2. The average molecular weight is 581 g/mol. The maximum absolute atomic E-state index is 13.9. The number of aliphatic hydroxyl groups is 3. The first kappa shape index (κ1) is 28.7. The molecular weight excluding hydrogens is 540 g/mol. The van der Waals surface area contributed by atoms with E-state index in [2.05, 4.69) is 11.8 Å². The minimum absolute atomic E-state index is 0.0232. The van der Waals surface area contributed by atoms with Crippen molar-refractivity contribution < 1.29 is 39.5 Å². The number of aliphatic hydroxyl groups excluding tert-OH is 2. The molecule has 0 aromatic heterocycles. The highest BCUT2D eigenvalue weighted by Crippen LogP contribution is 2.53. The number of methoxy groups -OCH3 is 1. The number of amides is 1.